The number of unbranched alkanes of at least 4 members (excludes halogenated alkanes) is 1. The van der Waals surface area contributed by atoms with Crippen molar-refractivity contribution in [1.29, 1.82) is 0 Å². The molecule has 0 radical (unpaired) electrons. The molecule has 21 heavy (non-hydrogen) atoms. The summed E-state index contributed by atoms with van der Waals surface area (Å²) >= 11 is 0. The number of nitrogens with one attached hydrogen (secondary N) is 1. The molecule has 0 heterocycles. The normalized spacial score (nSPS) is 11.8. The van der Waals surface area contributed by atoms with Gasteiger partial charge >= 0.3 is 12.1 Å². The molecule has 0 aromatic heterocycles. The second-order valence-corrected chi connectivity index (χ2v) is 5.45. The molecule has 0 spiro atoms. The van der Waals surface area contributed by atoms with Crippen molar-refractivity contribution in [3.63, 3.8) is 0 Å². The fraction of sp³-hybridized carbons (Fsp3) is 0.714. The van der Waals surface area contributed by atoms with Crippen molar-refractivity contribution in [3.05, 3.63) is 12.7 Å². The first-order chi connectivity index (χ1) is 9.26. The number of rotatable bonds is 8. The number of halogens is 1. The molecule has 0 aliphatic carbocycles. The average molecular weight is 323 g/mol. The van der Waals surface area contributed by atoms with Gasteiger partial charge in [-0.15, -0.1) is 12.4 Å². The second kappa shape index (κ2) is 11.4. The number of carbonyl (C=O) groups is 2. The van der Waals surface area contributed by atoms with Crippen molar-refractivity contribution >= 4 is 24.5 Å². The Bertz CT molecular complexity index is 329. The number of ether oxygens (including phenoxy) is 2. The summed E-state index contributed by atoms with van der Waals surface area (Å²) in [6, 6.07) is -0.628. The van der Waals surface area contributed by atoms with Gasteiger partial charge in [0.05, 0.1) is 0 Å². The summed E-state index contributed by atoms with van der Waals surface area (Å²) in [6.45, 7) is 9.53. The molecule has 1 amide bonds. The quantitative estimate of drug-likeness (QED) is 0.406. The number of amides is 1. The van der Waals surface area contributed by atoms with Crippen molar-refractivity contribution in [2.75, 3.05) is 13.2 Å². The van der Waals surface area contributed by atoms with Crippen LogP contribution in [0.15, 0.2) is 12.7 Å². The molecule has 0 aromatic rings. The smallest absolute Gasteiger partial charge is 0.407 e. The standard InChI is InChI=1S/C14H26N2O4.ClH/c1-5-10-19-12(17)11(15)8-6-7-9-16-13(18)20-14(2,3)4;/h5,11H,1,6-10,15H2,2-4H3,(H,16,18);1H/t11-;/m1./s1. The molecule has 7 heteroatoms. The Balaban J connectivity index is 0. The van der Waals surface area contributed by atoms with Crippen molar-refractivity contribution in [2.24, 2.45) is 5.73 Å². The fourth-order valence-corrected chi connectivity index (χ4v) is 1.36. The van der Waals surface area contributed by atoms with Crippen LogP contribution in [0.5, 0.6) is 0 Å². The van der Waals surface area contributed by atoms with E-state index in [4.69, 9.17) is 15.2 Å². The van der Waals surface area contributed by atoms with Gasteiger partial charge in [0.25, 0.3) is 0 Å². The van der Waals surface area contributed by atoms with E-state index in [1.54, 1.807) is 20.8 Å². The zero-order chi connectivity index (χ0) is 15.6. The van der Waals surface area contributed by atoms with Crippen LogP contribution in [-0.4, -0.2) is 36.9 Å². The molecule has 0 rings (SSSR count). The van der Waals surface area contributed by atoms with E-state index in [2.05, 4.69) is 11.9 Å². The summed E-state index contributed by atoms with van der Waals surface area (Å²) in [4.78, 5) is 22.7. The van der Waals surface area contributed by atoms with Crippen LogP contribution in [0.4, 0.5) is 4.79 Å². The Hall–Kier alpha value is -1.27. The lowest BCUT2D eigenvalue weighted by Gasteiger charge is -2.19. The van der Waals surface area contributed by atoms with Gasteiger partial charge in [-0.25, -0.2) is 4.79 Å². The zero-order valence-electron chi connectivity index (χ0n) is 13.0. The molecule has 0 aliphatic rings. The van der Waals surface area contributed by atoms with Gasteiger partial charge in [0.2, 0.25) is 0 Å². The van der Waals surface area contributed by atoms with Gasteiger partial charge in [-0.1, -0.05) is 12.7 Å². The lowest BCUT2D eigenvalue weighted by molar-refractivity contribution is -0.144. The van der Waals surface area contributed by atoms with E-state index in [0.717, 1.165) is 12.8 Å². The Morgan fingerprint density at radius 3 is 2.48 bits per heavy atom. The topological polar surface area (TPSA) is 90.6 Å². The SMILES string of the molecule is C=CCOC(=O)[C@H](N)CCCCNC(=O)OC(C)(C)C.Cl. The second-order valence-electron chi connectivity index (χ2n) is 5.45. The Morgan fingerprint density at radius 1 is 1.33 bits per heavy atom. The van der Waals surface area contributed by atoms with E-state index in [0.29, 0.717) is 13.0 Å². The van der Waals surface area contributed by atoms with Crippen LogP contribution in [0, 0.1) is 0 Å². The van der Waals surface area contributed by atoms with Crippen molar-refractivity contribution in [3.8, 4) is 0 Å². The molecule has 0 aliphatic heterocycles. The summed E-state index contributed by atoms with van der Waals surface area (Å²) in [5.74, 6) is -0.426. The van der Waals surface area contributed by atoms with Crippen LogP contribution in [0.25, 0.3) is 0 Å². The van der Waals surface area contributed by atoms with Crippen molar-refractivity contribution in [1.82, 2.24) is 5.32 Å². The minimum absolute atomic E-state index is 0. The van der Waals surface area contributed by atoms with Gasteiger partial charge in [-0.2, -0.15) is 0 Å². The molecule has 0 fully saturated rings. The van der Waals surface area contributed by atoms with Crippen LogP contribution in [0.3, 0.4) is 0 Å². The van der Waals surface area contributed by atoms with E-state index in [-0.39, 0.29) is 19.0 Å². The lowest BCUT2D eigenvalue weighted by atomic mass is 10.1. The molecule has 0 saturated carbocycles. The summed E-state index contributed by atoms with van der Waals surface area (Å²) < 4.78 is 9.92. The van der Waals surface area contributed by atoms with Gasteiger partial charge in [0.1, 0.15) is 18.2 Å². The molecule has 0 aromatic carbocycles. The van der Waals surface area contributed by atoms with E-state index in [9.17, 15) is 9.59 Å². The van der Waals surface area contributed by atoms with Gasteiger partial charge in [0.15, 0.2) is 0 Å². The zero-order valence-corrected chi connectivity index (χ0v) is 13.8. The Morgan fingerprint density at radius 2 is 1.95 bits per heavy atom. The van der Waals surface area contributed by atoms with Gasteiger partial charge in [-0.3, -0.25) is 4.79 Å². The maximum Gasteiger partial charge on any atom is 0.407 e. The number of hydrogen-bond donors (Lipinski definition) is 2. The maximum atomic E-state index is 11.3. The molecular formula is C14H27ClN2O4. The molecule has 0 saturated heterocycles. The molecule has 1 atom stereocenters. The summed E-state index contributed by atoms with van der Waals surface area (Å²) in [5.41, 5.74) is 5.16. The number of carbonyl (C=O) groups excluding carboxylic acids is 2. The molecule has 124 valence electrons. The predicted molar refractivity (Wildman–Crippen MR) is 84.5 cm³/mol. The Labute approximate surface area is 132 Å². The highest BCUT2D eigenvalue weighted by molar-refractivity contribution is 5.85. The lowest BCUT2D eigenvalue weighted by Crippen LogP contribution is -2.34. The van der Waals surface area contributed by atoms with E-state index in [1.165, 1.54) is 6.08 Å². The third-order valence-electron chi connectivity index (χ3n) is 2.26. The summed E-state index contributed by atoms with van der Waals surface area (Å²) in [6.07, 6.45) is 3.02. The van der Waals surface area contributed by atoms with E-state index < -0.39 is 23.7 Å². The first kappa shape index (κ1) is 22.0. The highest BCUT2D eigenvalue weighted by Gasteiger charge is 2.16. The van der Waals surface area contributed by atoms with Crippen LogP contribution < -0.4 is 11.1 Å². The third kappa shape index (κ3) is 13.5. The number of alkyl carbamates (subject to hydrolysis) is 1. The Kier molecular flexibility index (Phi) is 11.9. The third-order valence-corrected chi connectivity index (χ3v) is 2.26. The summed E-state index contributed by atoms with van der Waals surface area (Å²) in [5, 5.41) is 2.65. The molecule has 6 nitrogen and oxygen atoms in total. The van der Waals surface area contributed by atoms with Crippen molar-refractivity contribution in [2.45, 2.75) is 51.7 Å². The van der Waals surface area contributed by atoms with Crippen LogP contribution in [0.1, 0.15) is 40.0 Å². The van der Waals surface area contributed by atoms with E-state index in [1.807, 2.05) is 0 Å². The fourth-order valence-electron chi connectivity index (χ4n) is 1.36. The molecule has 0 unspecified atom stereocenters. The maximum absolute atomic E-state index is 11.3. The van der Waals surface area contributed by atoms with Crippen LogP contribution in [-0.2, 0) is 14.3 Å². The minimum atomic E-state index is -0.628. The highest BCUT2D eigenvalue weighted by atomic mass is 35.5. The van der Waals surface area contributed by atoms with Gasteiger partial charge < -0.3 is 20.5 Å². The number of nitrogens with two attached hydrogens (primary N) is 1. The van der Waals surface area contributed by atoms with Crippen LogP contribution >= 0.6 is 12.4 Å². The van der Waals surface area contributed by atoms with Gasteiger partial charge in [-0.05, 0) is 40.0 Å². The van der Waals surface area contributed by atoms with E-state index >= 15 is 0 Å². The molecule has 3 N–H and O–H groups in total. The predicted octanol–water partition coefficient (Wildman–Crippen LogP) is 2.16. The van der Waals surface area contributed by atoms with Crippen LogP contribution in [0.2, 0.25) is 0 Å². The first-order valence-electron chi connectivity index (χ1n) is 6.76. The molecule has 0 bridgehead atoms. The first-order valence-corrected chi connectivity index (χ1v) is 6.76. The summed E-state index contributed by atoms with van der Waals surface area (Å²) in [7, 11) is 0. The van der Waals surface area contributed by atoms with Crippen molar-refractivity contribution < 1.29 is 19.1 Å². The highest BCUT2D eigenvalue weighted by Crippen LogP contribution is 2.06. The minimum Gasteiger partial charge on any atom is -0.460 e. The number of hydrogen-bond acceptors (Lipinski definition) is 5. The largest absolute Gasteiger partial charge is 0.460 e. The van der Waals surface area contributed by atoms with Gasteiger partial charge in [0, 0.05) is 6.54 Å². The monoisotopic (exact) mass is 322 g/mol. The average Bonchev–Trinajstić information content (AvgIpc) is 2.32. The molecular weight excluding hydrogens is 296 g/mol. The number of esters is 1.